The molecule has 100 valence electrons. The third kappa shape index (κ3) is 2.51. The van der Waals surface area contributed by atoms with E-state index >= 15 is 0 Å². The number of aromatic nitrogens is 1. The summed E-state index contributed by atoms with van der Waals surface area (Å²) in [7, 11) is -0.396. The van der Waals surface area contributed by atoms with E-state index in [1.54, 1.807) is 6.20 Å². The fraction of sp³-hybridized carbons (Fsp3) is 0.571. The van der Waals surface area contributed by atoms with E-state index in [1.165, 1.54) is 0 Å². The van der Waals surface area contributed by atoms with Gasteiger partial charge in [0.1, 0.15) is 0 Å². The zero-order valence-corrected chi connectivity index (χ0v) is 12.2. The quantitative estimate of drug-likeness (QED) is 0.758. The van der Waals surface area contributed by atoms with Crippen LogP contribution < -0.4 is 5.46 Å². The van der Waals surface area contributed by atoms with E-state index in [-0.39, 0.29) is 11.2 Å². The normalized spacial score (nSPS) is 20.3. The van der Waals surface area contributed by atoms with Crippen molar-refractivity contribution in [3.63, 3.8) is 0 Å². The van der Waals surface area contributed by atoms with Crippen LogP contribution in [0.5, 0.6) is 0 Å². The summed E-state index contributed by atoms with van der Waals surface area (Å²) in [6.07, 6.45) is 2.07. The van der Waals surface area contributed by atoms with Crippen LogP contribution >= 0.6 is 0 Å². The van der Waals surface area contributed by atoms with Crippen LogP contribution in [0.3, 0.4) is 0 Å². The van der Waals surface area contributed by atoms with Gasteiger partial charge in [-0.3, -0.25) is 4.98 Å². The number of pyridine rings is 1. The Bertz CT molecular complexity index is 519. The van der Waals surface area contributed by atoms with Crippen LogP contribution in [-0.4, -0.2) is 23.3 Å². The van der Waals surface area contributed by atoms with Gasteiger partial charge in [-0.05, 0) is 40.2 Å². The molecule has 19 heavy (non-hydrogen) atoms. The van der Waals surface area contributed by atoms with Crippen molar-refractivity contribution in [2.75, 3.05) is 0 Å². The molecule has 0 N–H and O–H groups in total. The highest BCUT2D eigenvalue weighted by molar-refractivity contribution is 6.62. The van der Waals surface area contributed by atoms with Gasteiger partial charge in [-0.1, -0.05) is 6.07 Å². The molecule has 0 saturated carbocycles. The molecule has 4 nitrogen and oxygen atoms in total. The lowest BCUT2D eigenvalue weighted by molar-refractivity contribution is 0.00578. The summed E-state index contributed by atoms with van der Waals surface area (Å²) >= 11 is 0. The first-order valence-electron chi connectivity index (χ1n) is 6.45. The Kier molecular flexibility index (Phi) is 3.42. The first-order chi connectivity index (χ1) is 8.77. The zero-order valence-electron chi connectivity index (χ0n) is 12.2. The number of hydrogen-bond acceptors (Lipinski definition) is 4. The van der Waals surface area contributed by atoms with Gasteiger partial charge < -0.3 is 9.31 Å². The van der Waals surface area contributed by atoms with Crippen LogP contribution in [-0.2, 0) is 15.7 Å². The van der Waals surface area contributed by atoms with Gasteiger partial charge in [-0.2, -0.15) is 5.26 Å². The third-order valence-electron chi connectivity index (χ3n) is 3.98. The van der Waals surface area contributed by atoms with Crippen LogP contribution in [0.2, 0.25) is 0 Å². The van der Waals surface area contributed by atoms with Gasteiger partial charge in [0, 0.05) is 11.7 Å². The molecule has 1 aromatic rings. The highest BCUT2D eigenvalue weighted by Gasteiger charge is 2.51. The summed E-state index contributed by atoms with van der Waals surface area (Å²) in [6, 6.07) is 4.10. The Balaban J connectivity index is 2.26. The molecule has 2 rings (SSSR count). The van der Waals surface area contributed by atoms with Crippen molar-refractivity contribution in [2.45, 2.75) is 52.2 Å². The topological polar surface area (TPSA) is 55.1 Å². The average Bonchev–Trinajstić information content (AvgIpc) is 2.51. The first-order valence-corrected chi connectivity index (χ1v) is 6.45. The van der Waals surface area contributed by atoms with Crippen LogP contribution in [0.15, 0.2) is 12.3 Å². The maximum absolute atomic E-state index is 8.72. The van der Waals surface area contributed by atoms with Crippen molar-refractivity contribution in [2.24, 2.45) is 0 Å². The predicted molar refractivity (Wildman–Crippen MR) is 74.0 cm³/mol. The van der Waals surface area contributed by atoms with Crippen molar-refractivity contribution in [3.05, 3.63) is 23.5 Å². The zero-order chi connectivity index (χ0) is 14.3. The Morgan fingerprint density at radius 2 is 1.84 bits per heavy atom. The van der Waals surface area contributed by atoms with E-state index in [4.69, 9.17) is 14.6 Å². The second-order valence-corrected chi connectivity index (χ2v) is 5.96. The maximum atomic E-state index is 8.72. The summed E-state index contributed by atoms with van der Waals surface area (Å²) in [5.74, 6) is 0. The third-order valence-corrected chi connectivity index (χ3v) is 3.98. The molecule has 0 atom stereocenters. The smallest absolute Gasteiger partial charge is 0.399 e. The molecular weight excluding hydrogens is 239 g/mol. The molecular formula is C14H19BN2O2. The Morgan fingerprint density at radius 3 is 2.32 bits per heavy atom. The molecule has 5 heteroatoms. The number of hydrogen-bond donors (Lipinski definition) is 0. The average molecular weight is 258 g/mol. The second kappa shape index (κ2) is 4.62. The van der Waals surface area contributed by atoms with Crippen molar-refractivity contribution >= 4 is 12.6 Å². The lowest BCUT2D eigenvalue weighted by Gasteiger charge is -2.32. The standard InChI is InChI=1S/C14H19BN2O2/c1-10-8-11(9-17-12(10)6-7-16)15-18-13(2,3)14(4,5)19-15/h8-9H,6H2,1-5H3. The van der Waals surface area contributed by atoms with Crippen molar-refractivity contribution in [1.82, 2.24) is 4.98 Å². The molecule has 0 radical (unpaired) electrons. The van der Waals surface area contributed by atoms with Gasteiger partial charge in [-0.15, -0.1) is 0 Å². The van der Waals surface area contributed by atoms with Gasteiger partial charge in [-0.25, -0.2) is 0 Å². The first kappa shape index (κ1) is 14.0. The second-order valence-electron chi connectivity index (χ2n) is 5.96. The van der Waals surface area contributed by atoms with E-state index in [0.29, 0.717) is 6.42 Å². The Labute approximate surface area is 114 Å². The molecule has 0 aromatic carbocycles. The minimum atomic E-state index is -0.396. The fourth-order valence-corrected chi connectivity index (χ4v) is 1.99. The van der Waals surface area contributed by atoms with Gasteiger partial charge in [0.25, 0.3) is 0 Å². The Hall–Kier alpha value is -1.38. The lowest BCUT2D eigenvalue weighted by Crippen LogP contribution is -2.41. The van der Waals surface area contributed by atoms with E-state index in [9.17, 15) is 0 Å². The summed E-state index contributed by atoms with van der Waals surface area (Å²) in [4.78, 5) is 4.33. The minimum Gasteiger partial charge on any atom is -0.399 e. The number of aryl methyl sites for hydroxylation is 1. The van der Waals surface area contributed by atoms with Crippen LogP contribution in [0, 0.1) is 18.3 Å². The predicted octanol–water partition coefficient (Wildman–Crippen LogP) is 1.76. The van der Waals surface area contributed by atoms with Crippen molar-refractivity contribution in [3.8, 4) is 6.07 Å². The molecule has 1 aliphatic rings. The molecule has 0 spiro atoms. The van der Waals surface area contributed by atoms with E-state index in [0.717, 1.165) is 16.7 Å². The minimum absolute atomic E-state index is 0.329. The largest absolute Gasteiger partial charge is 0.496 e. The fourth-order valence-electron chi connectivity index (χ4n) is 1.99. The van der Waals surface area contributed by atoms with E-state index in [2.05, 4.69) is 11.1 Å². The van der Waals surface area contributed by atoms with Gasteiger partial charge in [0.15, 0.2) is 0 Å². The number of rotatable bonds is 2. The summed E-state index contributed by atoms with van der Waals surface area (Å²) < 4.78 is 12.0. The lowest BCUT2D eigenvalue weighted by atomic mass is 9.79. The number of nitriles is 1. The van der Waals surface area contributed by atoms with Gasteiger partial charge in [0.05, 0.1) is 29.4 Å². The molecule has 0 aliphatic carbocycles. The van der Waals surface area contributed by atoms with E-state index < -0.39 is 7.12 Å². The molecule has 2 heterocycles. The van der Waals surface area contributed by atoms with Gasteiger partial charge >= 0.3 is 7.12 Å². The van der Waals surface area contributed by atoms with Crippen molar-refractivity contribution < 1.29 is 9.31 Å². The molecule has 1 aliphatic heterocycles. The molecule has 0 bridgehead atoms. The molecule has 1 saturated heterocycles. The van der Waals surface area contributed by atoms with Crippen LogP contribution in [0.4, 0.5) is 0 Å². The van der Waals surface area contributed by atoms with Crippen LogP contribution in [0.25, 0.3) is 0 Å². The summed E-state index contributed by atoms with van der Waals surface area (Å²) in [6.45, 7) is 10.1. The molecule has 0 amide bonds. The molecule has 1 fully saturated rings. The molecule has 0 unspecified atom stereocenters. The highest BCUT2D eigenvalue weighted by Crippen LogP contribution is 2.36. The highest BCUT2D eigenvalue weighted by atomic mass is 16.7. The monoisotopic (exact) mass is 258 g/mol. The van der Waals surface area contributed by atoms with Gasteiger partial charge in [0.2, 0.25) is 0 Å². The summed E-state index contributed by atoms with van der Waals surface area (Å²) in [5, 5.41) is 8.72. The maximum Gasteiger partial charge on any atom is 0.496 e. The van der Waals surface area contributed by atoms with Crippen LogP contribution in [0.1, 0.15) is 39.0 Å². The summed E-state index contributed by atoms with van der Waals surface area (Å²) in [5.41, 5.74) is 2.00. The molecule has 1 aromatic heterocycles. The van der Waals surface area contributed by atoms with Crippen molar-refractivity contribution in [1.29, 1.82) is 5.26 Å². The SMILES string of the molecule is Cc1cc(B2OC(C)(C)C(C)(C)O2)cnc1CC#N. The Morgan fingerprint density at radius 1 is 1.26 bits per heavy atom. The van der Waals surface area contributed by atoms with E-state index in [1.807, 2.05) is 40.7 Å². The number of nitrogens with zero attached hydrogens (tertiary/aromatic N) is 2.